The molecular weight excluding hydrogens is 338 g/mol. The molecule has 1 saturated heterocycles. The topological polar surface area (TPSA) is 106 Å². The SMILES string of the molecule is Cn1ccc(/C=C2/SC(=S)N([C@H](CCC(N)=O)C(=O)O)C2=O)c1. The summed E-state index contributed by atoms with van der Waals surface area (Å²) in [6, 6.07) is 0.630. The van der Waals surface area contributed by atoms with E-state index in [0.717, 1.165) is 22.2 Å². The van der Waals surface area contributed by atoms with E-state index >= 15 is 0 Å². The minimum Gasteiger partial charge on any atom is -0.480 e. The number of carbonyl (C=O) groups excluding carboxylic acids is 2. The molecule has 0 radical (unpaired) electrons. The summed E-state index contributed by atoms with van der Waals surface area (Å²) < 4.78 is 1.99. The Morgan fingerprint density at radius 2 is 2.22 bits per heavy atom. The number of carboxylic acids is 1. The molecule has 1 aromatic heterocycles. The molecule has 1 aromatic rings. The first-order valence-electron chi connectivity index (χ1n) is 6.69. The monoisotopic (exact) mass is 353 g/mol. The van der Waals surface area contributed by atoms with Gasteiger partial charge in [-0.15, -0.1) is 0 Å². The molecule has 1 atom stereocenters. The Balaban J connectivity index is 2.24. The molecule has 1 aliphatic heterocycles. The molecule has 2 rings (SSSR count). The normalized spacial score (nSPS) is 17.8. The Kier molecular flexibility index (Phi) is 5.22. The van der Waals surface area contributed by atoms with Gasteiger partial charge in [-0.05, 0) is 24.1 Å². The van der Waals surface area contributed by atoms with E-state index in [1.165, 1.54) is 0 Å². The first-order chi connectivity index (χ1) is 10.8. The van der Waals surface area contributed by atoms with E-state index < -0.39 is 23.8 Å². The Hall–Kier alpha value is -2.13. The zero-order valence-electron chi connectivity index (χ0n) is 12.3. The molecule has 0 aliphatic carbocycles. The number of thiocarbonyl (C=S) groups is 1. The molecule has 1 fully saturated rings. The number of rotatable bonds is 6. The van der Waals surface area contributed by atoms with Gasteiger partial charge in [0.15, 0.2) is 0 Å². The summed E-state index contributed by atoms with van der Waals surface area (Å²) in [7, 11) is 1.85. The smallest absolute Gasteiger partial charge is 0.326 e. The summed E-state index contributed by atoms with van der Waals surface area (Å²) in [5.74, 6) is -2.31. The molecule has 0 bridgehead atoms. The van der Waals surface area contributed by atoms with Crippen molar-refractivity contribution in [1.29, 1.82) is 0 Å². The average molecular weight is 353 g/mol. The maximum Gasteiger partial charge on any atom is 0.326 e. The fraction of sp³-hybridized carbons (Fsp3) is 0.286. The van der Waals surface area contributed by atoms with Gasteiger partial charge in [0.25, 0.3) is 5.91 Å². The molecule has 0 unspecified atom stereocenters. The quantitative estimate of drug-likeness (QED) is 0.582. The van der Waals surface area contributed by atoms with Gasteiger partial charge in [-0.2, -0.15) is 0 Å². The van der Waals surface area contributed by atoms with Crippen molar-refractivity contribution in [3.63, 3.8) is 0 Å². The first kappa shape index (κ1) is 17.2. The van der Waals surface area contributed by atoms with Gasteiger partial charge in [0.1, 0.15) is 10.4 Å². The third-order valence-electron chi connectivity index (χ3n) is 3.24. The molecule has 0 aromatic carbocycles. The lowest BCUT2D eigenvalue weighted by atomic mass is 10.1. The highest BCUT2D eigenvalue weighted by molar-refractivity contribution is 8.26. The van der Waals surface area contributed by atoms with Crippen molar-refractivity contribution >= 4 is 52.2 Å². The van der Waals surface area contributed by atoms with E-state index in [0.29, 0.717) is 4.91 Å². The summed E-state index contributed by atoms with van der Waals surface area (Å²) in [6.07, 6.45) is 5.11. The highest BCUT2D eigenvalue weighted by Gasteiger charge is 2.40. The summed E-state index contributed by atoms with van der Waals surface area (Å²) >= 11 is 6.18. The van der Waals surface area contributed by atoms with E-state index in [4.69, 9.17) is 18.0 Å². The number of nitrogens with two attached hydrogens (primary N) is 1. The van der Waals surface area contributed by atoms with Crippen LogP contribution in [0.25, 0.3) is 6.08 Å². The summed E-state index contributed by atoms with van der Waals surface area (Å²) in [5.41, 5.74) is 5.87. The van der Waals surface area contributed by atoms with Crippen LogP contribution in [0.5, 0.6) is 0 Å². The number of hydrogen-bond acceptors (Lipinski definition) is 5. The Labute approximate surface area is 142 Å². The van der Waals surface area contributed by atoms with Crippen LogP contribution in [0, 0.1) is 0 Å². The summed E-state index contributed by atoms with van der Waals surface area (Å²) in [5, 5.41) is 9.32. The van der Waals surface area contributed by atoms with Gasteiger partial charge in [-0.3, -0.25) is 14.5 Å². The van der Waals surface area contributed by atoms with Gasteiger partial charge in [-0.25, -0.2) is 4.79 Å². The number of nitrogens with zero attached hydrogens (tertiary/aromatic N) is 2. The number of primary amides is 1. The van der Waals surface area contributed by atoms with E-state index in [2.05, 4.69) is 0 Å². The predicted molar refractivity (Wildman–Crippen MR) is 90.3 cm³/mol. The molecule has 9 heteroatoms. The van der Waals surface area contributed by atoms with Gasteiger partial charge in [0.2, 0.25) is 5.91 Å². The van der Waals surface area contributed by atoms with Crippen LogP contribution in [0.1, 0.15) is 18.4 Å². The van der Waals surface area contributed by atoms with Gasteiger partial charge >= 0.3 is 5.97 Å². The van der Waals surface area contributed by atoms with Crippen molar-refractivity contribution in [2.75, 3.05) is 0 Å². The maximum atomic E-state index is 12.5. The number of aryl methyl sites for hydroxylation is 1. The highest BCUT2D eigenvalue weighted by atomic mass is 32.2. The van der Waals surface area contributed by atoms with Crippen LogP contribution in [0.4, 0.5) is 0 Å². The average Bonchev–Trinajstić information content (AvgIpc) is 2.96. The Bertz CT molecular complexity index is 711. The van der Waals surface area contributed by atoms with E-state index in [1.807, 2.05) is 30.1 Å². The van der Waals surface area contributed by atoms with Crippen LogP contribution >= 0.6 is 24.0 Å². The lowest BCUT2D eigenvalue weighted by Gasteiger charge is -2.22. The largest absolute Gasteiger partial charge is 0.480 e. The Morgan fingerprint density at radius 3 is 2.74 bits per heavy atom. The third kappa shape index (κ3) is 3.99. The molecule has 0 spiro atoms. The second-order valence-electron chi connectivity index (χ2n) is 5.02. The summed E-state index contributed by atoms with van der Waals surface area (Å²) in [4.78, 5) is 36.2. The number of amides is 2. The first-order valence-corrected chi connectivity index (χ1v) is 7.92. The molecule has 23 heavy (non-hydrogen) atoms. The van der Waals surface area contributed by atoms with Crippen molar-refractivity contribution in [3.05, 3.63) is 28.9 Å². The van der Waals surface area contributed by atoms with Crippen molar-refractivity contribution in [2.24, 2.45) is 12.8 Å². The van der Waals surface area contributed by atoms with E-state index in [-0.39, 0.29) is 17.2 Å². The zero-order chi connectivity index (χ0) is 17.1. The van der Waals surface area contributed by atoms with Crippen LogP contribution < -0.4 is 5.73 Å². The van der Waals surface area contributed by atoms with Crippen LogP contribution in [-0.4, -0.2) is 42.7 Å². The van der Waals surface area contributed by atoms with Gasteiger partial charge in [0.05, 0.1) is 4.91 Å². The molecule has 2 amide bonds. The lowest BCUT2D eigenvalue weighted by Crippen LogP contribution is -2.44. The summed E-state index contributed by atoms with van der Waals surface area (Å²) in [6.45, 7) is 0. The minimum atomic E-state index is -1.22. The van der Waals surface area contributed by atoms with Crippen molar-refractivity contribution in [1.82, 2.24) is 9.47 Å². The molecule has 1 aliphatic rings. The number of carbonyl (C=O) groups is 3. The minimum absolute atomic E-state index is 0.0737. The molecular formula is C14H15N3O4S2. The molecule has 3 N–H and O–H groups in total. The van der Waals surface area contributed by atoms with Crippen LogP contribution in [-0.2, 0) is 21.4 Å². The highest BCUT2D eigenvalue weighted by Crippen LogP contribution is 2.34. The van der Waals surface area contributed by atoms with Crippen LogP contribution in [0.15, 0.2) is 23.4 Å². The fourth-order valence-electron chi connectivity index (χ4n) is 2.15. The number of aromatic nitrogens is 1. The molecule has 122 valence electrons. The van der Waals surface area contributed by atoms with Crippen molar-refractivity contribution in [3.8, 4) is 0 Å². The van der Waals surface area contributed by atoms with Crippen LogP contribution in [0.2, 0.25) is 0 Å². The van der Waals surface area contributed by atoms with E-state index in [9.17, 15) is 19.5 Å². The van der Waals surface area contributed by atoms with Crippen molar-refractivity contribution < 1.29 is 19.5 Å². The fourth-order valence-corrected chi connectivity index (χ4v) is 3.51. The number of aliphatic carboxylic acids is 1. The third-order valence-corrected chi connectivity index (χ3v) is 4.57. The molecule has 2 heterocycles. The zero-order valence-corrected chi connectivity index (χ0v) is 13.9. The number of carboxylic acid groups (broad SMARTS) is 1. The molecule has 7 nitrogen and oxygen atoms in total. The predicted octanol–water partition coefficient (Wildman–Crippen LogP) is 0.945. The molecule has 0 saturated carbocycles. The van der Waals surface area contributed by atoms with Gasteiger partial charge in [0, 0.05) is 25.9 Å². The number of hydrogen-bond donors (Lipinski definition) is 2. The van der Waals surface area contributed by atoms with Gasteiger partial charge < -0.3 is 15.4 Å². The second kappa shape index (κ2) is 6.97. The van der Waals surface area contributed by atoms with Crippen LogP contribution in [0.3, 0.4) is 0 Å². The maximum absolute atomic E-state index is 12.5. The number of thioether (sulfide) groups is 1. The van der Waals surface area contributed by atoms with E-state index in [1.54, 1.807) is 6.08 Å². The van der Waals surface area contributed by atoms with Gasteiger partial charge in [-0.1, -0.05) is 24.0 Å². The lowest BCUT2D eigenvalue weighted by molar-refractivity contribution is -0.145. The standard InChI is InChI=1S/C14H15N3O4S2/c1-16-5-4-8(7-16)6-10-12(19)17(14(22)23-10)9(13(20)21)2-3-11(15)18/h4-7,9H,2-3H2,1H3,(H2,15,18)(H,20,21)/b10-6+/t9-/m1/s1. The van der Waals surface area contributed by atoms with Crippen molar-refractivity contribution in [2.45, 2.75) is 18.9 Å². The Morgan fingerprint density at radius 1 is 1.52 bits per heavy atom. The second-order valence-corrected chi connectivity index (χ2v) is 6.70.